The van der Waals surface area contributed by atoms with Crippen molar-refractivity contribution in [2.45, 2.75) is 6.92 Å². The zero-order valence-corrected chi connectivity index (χ0v) is 18.3. The van der Waals surface area contributed by atoms with Crippen LogP contribution in [0, 0.1) is 0 Å². The summed E-state index contributed by atoms with van der Waals surface area (Å²) in [6.07, 6.45) is 2.03. The van der Waals surface area contributed by atoms with Crippen molar-refractivity contribution in [1.29, 1.82) is 0 Å². The number of benzene rings is 4. The Morgan fingerprint density at radius 1 is 0.613 bits per heavy atom. The Labute approximate surface area is 184 Å². The minimum absolute atomic E-state index is 0.706. The van der Waals surface area contributed by atoms with E-state index >= 15 is 0 Å². The molecule has 3 heteroatoms. The first-order valence-corrected chi connectivity index (χ1v) is 11.9. The topological polar surface area (TPSA) is 29.4 Å². The normalized spacial score (nSPS) is 12.5. The minimum atomic E-state index is -3.25. The van der Waals surface area contributed by atoms with Gasteiger partial charge in [-0.3, -0.25) is 4.57 Å². The maximum Gasteiger partial charge on any atom is 0.247 e. The third-order valence-electron chi connectivity index (χ3n) is 5.11. The summed E-state index contributed by atoms with van der Waals surface area (Å²) in [5, 5.41) is 1.45. The quantitative estimate of drug-likeness (QED) is 0.258. The lowest BCUT2D eigenvalue weighted by atomic mass is 10.0. The molecule has 0 heterocycles. The molecular formula is C28H24NOP. The van der Waals surface area contributed by atoms with Crippen LogP contribution in [0.4, 0.5) is 0 Å². The molecule has 2 nitrogen and oxygen atoms in total. The third-order valence-corrected chi connectivity index (χ3v) is 7.61. The molecule has 0 fully saturated rings. The second kappa shape index (κ2) is 9.55. The fourth-order valence-electron chi connectivity index (χ4n) is 3.44. The summed E-state index contributed by atoms with van der Waals surface area (Å²) in [7, 11) is -3.25. The van der Waals surface area contributed by atoms with E-state index in [0.29, 0.717) is 5.71 Å². The van der Waals surface area contributed by atoms with E-state index in [1.165, 1.54) is 0 Å². The largest absolute Gasteiger partial charge is 0.288 e. The number of hydrogen-bond donors (Lipinski definition) is 0. The zero-order chi connectivity index (χ0) is 21.5. The van der Waals surface area contributed by atoms with Crippen LogP contribution in [0.5, 0.6) is 0 Å². The van der Waals surface area contributed by atoms with E-state index in [2.05, 4.69) is 19.1 Å². The maximum absolute atomic E-state index is 14.5. The van der Waals surface area contributed by atoms with E-state index in [9.17, 15) is 4.57 Å². The molecule has 0 saturated carbocycles. The van der Waals surface area contributed by atoms with Gasteiger partial charge in [-0.25, -0.2) is 4.76 Å². The van der Waals surface area contributed by atoms with Gasteiger partial charge in [-0.1, -0.05) is 97.1 Å². The van der Waals surface area contributed by atoms with Crippen LogP contribution >= 0.6 is 7.29 Å². The van der Waals surface area contributed by atoms with E-state index in [-0.39, 0.29) is 0 Å². The smallest absolute Gasteiger partial charge is 0.247 e. The van der Waals surface area contributed by atoms with Crippen LogP contribution < -0.4 is 10.6 Å². The molecule has 0 aliphatic rings. The van der Waals surface area contributed by atoms with E-state index in [4.69, 9.17) is 4.76 Å². The summed E-state index contributed by atoms with van der Waals surface area (Å²) in [4.78, 5) is 0. The van der Waals surface area contributed by atoms with Gasteiger partial charge in [-0.05, 0) is 48.4 Å². The average molecular weight is 421 g/mol. The molecule has 0 N–H and O–H groups in total. The summed E-state index contributed by atoms with van der Waals surface area (Å²) in [6, 6.07) is 39.2. The van der Waals surface area contributed by atoms with Crippen molar-refractivity contribution in [1.82, 2.24) is 0 Å². The lowest BCUT2D eigenvalue weighted by Crippen LogP contribution is -2.15. The number of rotatable bonds is 6. The van der Waals surface area contributed by atoms with Crippen LogP contribution in [-0.2, 0) is 4.57 Å². The van der Waals surface area contributed by atoms with Crippen LogP contribution in [0.2, 0.25) is 0 Å². The average Bonchev–Trinajstić information content (AvgIpc) is 2.85. The number of nitrogens with zero attached hydrogens (tertiary/aromatic N) is 1. The lowest BCUT2D eigenvalue weighted by molar-refractivity contribution is 0.588. The second-order valence-electron chi connectivity index (χ2n) is 7.29. The van der Waals surface area contributed by atoms with Crippen LogP contribution in [0.15, 0.2) is 132 Å². The Hall–Kier alpha value is -3.48. The second-order valence-corrected chi connectivity index (χ2v) is 9.68. The van der Waals surface area contributed by atoms with Crippen molar-refractivity contribution in [3.05, 3.63) is 139 Å². The zero-order valence-electron chi connectivity index (χ0n) is 17.4. The summed E-state index contributed by atoms with van der Waals surface area (Å²) >= 11 is 0. The van der Waals surface area contributed by atoms with Gasteiger partial charge in [0.1, 0.15) is 0 Å². The highest BCUT2D eigenvalue weighted by molar-refractivity contribution is 7.77. The molecule has 0 spiro atoms. The predicted octanol–water partition coefficient (Wildman–Crippen LogP) is 6.51. The summed E-state index contributed by atoms with van der Waals surface area (Å²) in [5.74, 6) is 0. The Kier molecular flexibility index (Phi) is 6.40. The van der Waals surface area contributed by atoms with Gasteiger partial charge in [0.15, 0.2) is 0 Å². The monoisotopic (exact) mass is 421 g/mol. The third kappa shape index (κ3) is 4.82. The lowest BCUT2D eigenvalue weighted by Gasteiger charge is -2.17. The van der Waals surface area contributed by atoms with Gasteiger partial charge in [0.25, 0.3) is 0 Å². The molecule has 0 aliphatic heterocycles. The van der Waals surface area contributed by atoms with Gasteiger partial charge >= 0.3 is 0 Å². The Morgan fingerprint density at radius 3 is 1.45 bits per heavy atom. The van der Waals surface area contributed by atoms with Crippen molar-refractivity contribution in [3.8, 4) is 0 Å². The van der Waals surface area contributed by atoms with Crippen molar-refractivity contribution in [3.63, 3.8) is 0 Å². The molecule has 152 valence electrons. The molecule has 4 rings (SSSR count). The van der Waals surface area contributed by atoms with Gasteiger partial charge in [0.05, 0.1) is 5.71 Å². The molecule has 4 aromatic rings. The molecular weight excluding hydrogens is 397 g/mol. The van der Waals surface area contributed by atoms with Crippen LogP contribution in [0.3, 0.4) is 0 Å². The fraction of sp³-hybridized carbons (Fsp3) is 0.0357. The first-order valence-electron chi connectivity index (χ1n) is 10.3. The predicted molar refractivity (Wildman–Crippen MR) is 133 cm³/mol. The SMILES string of the molecule is C/C(=C\C(=NP(=O)(c1ccccc1)c1ccccc1)c1ccccc1)c1ccccc1. The van der Waals surface area contributed by atoms with Crippen molar-refractivity contribution in [2.24, 2.45) is 4.76 Å². The van der Waals surface area contributed by atoms with E-state index in [1.807, 2.05) is 115 Å². The van der Waals surface area contributed by atoms with Gasteiger partial charge in [0.2, 0.25) is 7.29 Å². The minimum Gasteiger partial charge on any atom is -0.288 e. The molecule has 31 heavy (non-hydrogen) atoms. The van der Waals surface area contributed by atoms with E-state index < -0.39 is 7.29 Å². The molecule has 0 aromatic heterocycles. The molecule has 4 aromatic carbocycles. The highest BCUT2D eigenvalue weighted by Crippen LogP contribution is 2.45. The van der Waals surface area contributed by atoms with Gasteiger partial charge < -0.3 is 0 Å². The van der Waals surface area contributed by atoms with E-state index in [1.54, 1.807) is 0 Å². The molecule has 0 aliphatic carbocycles. The number of allylic oxidation sites excluding steroid dienone is 2. The molecule has 0 bridgehead atoms. The Morgan fingerprint density at radius 2 is 1.00 bits per heavy atom. The van der Waals surface area contributed by atoms with Gasteiger partial charge in [-0.2, -0.15) is 0 Å². The number of hydrogen-bond acceptors (Lipinski definition) is 1. The van der Waals surface area contributed by atoms with Crippen molar-refractivity contribution >= 4 is 29.2 Å². The van der Waals surface area contributed by atoms with Crippen molar-refractivity contribution < 1.29 is 4.57 Å². The first kappa shape index (κ1) is 20.8. The summed E-state index contributed by atoms with van der Waals surface area (Å²) in [5.41, 5.74) is 3.82. The fourth-order valence-corrected chi connectivity index (χ4v) is 5.60. The highest BCUT2D eigenvalue weighted by atomic mass is 31.2. The van der Waals surface area contributed by atoms with Crippen molar-refractivity contribution in [2.75, 3.05) is 0 Å². The molecule has 0 amide bonds. The molecule has 0 atom stereocenters. The Bertz CT molecular complexity index is 1190. The maximum atomic E-state index is 14.5. The van der Waals surface area contributed by atoms with Crippen LogP contribution in [0.1, 0.15) is 18.1 Å². The highest BCUT2D eigenvalue weighted by Gasteiger charge is 2.27. The van der Waals surface area contributed by atoms with Gasteiger partial charge in [0, 0.05) is 16.2 Å². The standard InChI is InChI=1S/C28H24NOP/c1-23(24-14-6-2-7-15-24)22-28(25-16-8-3-9-17-25)29-31(30,26-18-10-4-11-19-26)27-20-12-5-13-21-27/h2-22H,1H3/b23-22+,29-28?. The summed E-state index contributed by atoms with van der Waals surface area (Å²) in [6.45, 7) is 2.06. The molecule has 0 unspecified atom stereocenters. The van der Waals surface area contributed by atoms with Crippen LogP contribution in [0.25, 0.3) is 5.57 Å². The first-order chi connectivity index (χ1) is 15.2. The molecule has 0 saturated heterocycles. The van der Waals surface area contributed by atoms with Crippen LogP contribution in [-0.4, -0.2) is 5.71 Å². The molecule has 0 radical (unpaired) electrons. The van der Waals surface area contributed by atoms with Gasteiger partial charge in [-0.15, -0.1) is 0 Å². The summed E-state index contributed by atoms with van der Waals surface area (Å²) < 4.78 is 19.5. The Balaban J connectivity index is 1.94. The van der Waals surface area contributed by atoms with E-state index in [0.717, 1.165) is 27.3 Å².